The van der Waals surface area contributed by atoms with Gasteiger partial charge in [-0.2, -0.15) is 0 Å². The van der Waals surface area contributed by atoms with Crippen molar-refractivity contribution in [3.05, 3.63) is 105 Å². The Bertz CT molecular complexity index is 1470. The molecule has 0 unspecified atom stereocenters. The Kier molecular flexibility index (Phi) is 8.74. The van der Waals surface area contributed by atoms with Gasteiger partial charge in [-0.3, -0.25) is 0 Å². The van der Waals surface area contributed by atoms with E-state index in [0.29, 0.717) is 44.8 Å². The molecule has 0 amide bonds. The van der Waals surface area contributed by atoms with E-state index in [2.05, 4.69) is 42.5 Å². The van der Waals surface area contributed by atoms with E-state index in [9.17, 15) is 0 Å². The number of furan rings is 1. The van der Waals surface area contributed by atoms with Gasteiger partial charge in [0.1, 0.15) is 31.2 Å². The van der Waals surface area contributed by atoms with E-state index in [1.165, 1.54) is 0 Å². The fraction of sp³-hybridized carbons (Fsp3) is 0.0769. The van der Waals surface area contributed by atoms with E-state index in [0.717, 1.165) is 15.1 Å². The van der Waals surface area contributed by atoms with Crippen molar-refractivity contribution in [2.24, 2.45) is 0 Å². The van der Waals surface area contributed by atoms with Gasteiger partial charge in [0.25, 0.3) is 0 Å². The van der Waals surface area contributed by atoms with Crippen molar-refractivity contribution in [3.8, 4) is 34.5 Å². The highest BCUT2D eigenvalue weighted by atomic mass is 127. The second-order valence-electron chi connectivity index (χ2n) is 7.35. The molecule has 0 saturated heterocycles. The maximum absolute atomic E-state index is 5.85. The summed E-state index contributed by atoms with van der Waals surface area (Å²) < 4.78 is 17.7. The van der Waals surface area contributed by atoms with Crippen molar-refractivity contribution >= 4 is 45.8 Å². The molecule has 0 spiro atoms. The highest BCUT2D eigenvalue weighted by molar-refractivity contribution is 14.1. The average molecular weight is 633 g/mol. The number of hydrogen-bond donors (Lipinski definition) is 0. The van der Waals surface area contributed by atoms with E-state index >= 15 is 0 Å². The van der Waals surface area contributed by atoms with Crippen LogP contribution in [0.2, 0.25) is 10.3 Å². The molecule has 0 bridgehead atoms. The second kappa shape index (κ2) is 12.2. The lowest BCUT2D eigenvalue weighted by Gasteiger charge is -2.09. The minimum absolute atomic E-state index is 0.377. The van der Waals surface area contributed by atoms with Crippen molar-refractivity contribution in [1.29, 1.82) is 0 Å². The van der Waals surface area contributed by atoms with Gasteiger partial charge in [0, 0.05) is 35.9 Å². The number of nitrogens with zero attached hydrogens (tertiary/aromatic N) is 4. The third kappa shape index (κ3) is 7.16. The molecule has 36 heavy (non-hydrogen) atoms. The Balaban J connectivity index is 0.000000174. The molecule has 0 aliphatic heterocycles. The molecule has 5 aromatic rings. The summed E-state index contributed by atoms with van der Waals surface area (Å²) in [4.78, 5) is 16.6. The second-order valence-corrected chi connectivity index (χ2v) is 9.15. The predicted octanol–water partition coefficient (Wildman–Crippen LogP) is 8.33. The SMILES string of the molecule is Cc1ccc(Oc2ccnc(Cl)c2)c(-c2ccco2)n1.Cc1ccc(Oc2ccnc(Cl)c2)c(I)n1. The zero-order valence-corrected chi connectivity index (χ0v) is 22.8. The van der Waals surface area contributed by atoms with Crippen LogP contribution in [-0.4, -0.2) is 19.9 Å². The Labute approximate surface area is 231 Å². The summed E-state index contributed by atoms with van der Waals surface area (Å²) in [5, 5.41) is 0.787. The third-order valence-corrected chi connectivity index (χ3v) is 5.74. The predicted molar refractivity (Wildman–Crippen MR) is 147 cm³/mol. The van der Waals surface area contributed by atoms with Crippen molar-refractivity contribution < 1.29 is 13.9 Å². The first-order valence-electron chi connectivity index (χ1n) is 10.6. The summed E-state index contributed by atoms with van der Waals surface area (Å²) in [5.41, 5.74) is 2.50. The van der Waals surface area contributed by atoms with Crippen LogP contribution in [0.1, 0.15) is 11.4 Å². The number of aryl methyl sites for hydroxylation is 2. The molecule has 0 aromatic carbocycles. The number of hydrogen-bond acceptors (Lipinski definition) is 7. The van der Waals surface area contributed by atoms with Gasteiger partial charge in [0.05, 0.1) is 6.26 Å². The molecule has 182 valence electrons. The van der Waals surface area contributed by atoms with Gasteiger partial charge in [-0.05, 0) is 85.0 Å². The standard InChI is InChI=1S/C15H11ClN2O2.C11H8ClIN2O/c1-10-4-5-13(15(18-10)12-3-2-8-19-12)20-11-6-7-17-14(16)9-11;1-7-2-3-9(11(13)15-7)16-8-4-5-14-10(12)6-8/h2-9H,1H3;2-6H,1H3. The molecule has 5 aromatic heterocycles. The number of ether oxygens (including phenoxy) is 2. The summed E-state index contributed by atoms with van der Waals surface area (Å²) in [6.07, 6.45) is 4.80. The van der Waals surface area contributed by atoms with Crippen molar-refractivity contribution in [3.63, 3.8) is 0 Å². The van der Waals surface area contributed by atoms with Gasteiger partial charge in [-0.25, -0.2) is 19.9 Å². The van der Waals surface area contributed by atoms with Gasteiger partial charge in [0.2, 0.25) is 0 Å². The van der Waals surface area contributed by atoms with E-state index in [-0.39, 0.29) is 0 Å². The lowest BCUT2D eigenvalue weighted by atomic mass is 10.2. The summed E-state index contributed by atoms with van der Waals surface area (Å²) in [6.45, 7) is 3.86. The van der Waals surface area contributed by atoms with Crippen LogP contribution in [-0.2, 0) is 0 Å². The molecule has 7 nitrogen and oxygen atoms in total. The van der Waals surface area contributed by atoms with Crippen molar-refractivity contribution in [2.75, 3.05) is 0 Å². The van der Waals surface area contributed by atoms with Crippen LogP contribution in [0.15, 0.2) is 83.7 Å². The molecule has 0 N–H and O–H groups in total. The summed E-state index contributed by atoms with van der Waals surface area (Å²) in [6, 6.07) is 18.0. The maximum atomic E-state index is 5.85. The molecule has 0 aliphatic rings. The highest BCUT2D eigenvalue weighted by Gasteiger charge is 2.12. The topological polar surface area (TPSA) is 83.2 Å². The molecule has 0 fully saturated rings. The van der Waals surface area contributed by atoms with Crippen molar-refractivity contribution in [2.45, 2.75) is 13.8 Å². The number of aromatic nitrogens is 4. The van der Waals surface area contributed by atoms with Gasteiger partial charge in [-0.15, -0.1) is 0 Å². The van der Waals surface area contributed by atoms with Gasteiger partial charge < -0.3 is 13.9 Å². The smallest absolute Gasteiger partial charge is 0.159 e. The molecule has 0 aliphatic carbocycles. The zero-order chi connectivity index (χ0) is 25.5. The maximum Gasteiger partial charge on any atom is 0.159 e. The van der Waals surface area contributed by atoms with Crippen LogP contribution < -0.4 is 9.47 Å². The van der Waals surface area contributed by atoms with Crippen LogP contribution in [0.25, 0.3) is 11.5 Å². The fourth-order valence-electron chi connectivity index (χ4n) is 2.95. The molecule has 0 radical (unpaired) electrons. The minimum atomic E-state index is 0.377. The lowest BCUT2D eigenvalue weighted by molar-refractivity contribution is 0.475. The molecule has 0 saturated carbocycles. The summed E-state index contributed by atoms with van der Waals surface area (Å²) in [7, 11) is 0. The first kappa shape index (κ1) is 25.9. The normalized spacial score (nSPS) is 10.4. The van der Waals surface area contributed by atoms with Crippen LogP contribution in [0.5, 0.6) is 23.0 Å². The average Bonchev–Trinajstić information content (AvgIpc) is 3.38. The Morgan fingerprint density at radius 3 is 1.89 bits per heavy atom. The third-order valence-electron chi connectivity index (χ3n) is 4.56. The quantitative estimate of drug-likeness (QED) is 0.142. The van der Waals surface area contributed by atoms with Crippen molar-refractivity contribution in [1.82, 2.24) is 19.9 Å². The van der Waals surface area contributed by atoms with E-state index in [1.807, 2.05) is 50.2 Å². The minimum Gasteiger partial charge on any atom is -0.463 e. The molecule has 10 heteroatoms. The molecule has 0 atom stereocenters. The van der Waals surface area contributed by atoms with Gasteiger partial charge in [-0.1, -0.05) is 23.2 Å². The van der Waals surface area contributed by atoms with Crippen LogP contribution >= 0.6 is 45.8 Å². The lowest BCUT2D eigenvalue weighted by Crippen LogP contribution is -1.93. The van der Waals surface area contributed by atoms with E-state index in [4.69, 9.17) is 37.1 Å². The van der Waals surface area contributed by atoms with Crippen LogP contribution in [0.3, 0.4) is 0 Å². The number of halogens is 3. The highest BCUT2D eigenvalue weighted by Crippen LogP contribution is 2.32. The molecular formula is C26H19Cl2IN4O3. The van der Waals surface area contributed by atoms with Gasteiger partial charge >= 0.3 is 0 Å². The summed E-state index contributed by atoms with van der Waals surface area (Å²) >= 11 is 13.8. The fourth-order valence-corrected chi connectivity index (χ4v) is 3.95. The number of pyridine rings is 4. The van der Waals surface area contributed by atoms with Crippen LogP contribution in [0, 0.1) is 17.5 Å². The first-order chi connectivity index (χ1) is 17.4. The van der Waals surface area contributed by atoms with Crippen LogP contribution in [0.4, 0.5) is 0 Å². The first-order valence-corrected chi connectivity index (χ1v) is 12.4. The van der Waals surface area contributed by atoms with E-state index < -0.39 is 0 Å². The molecule has 5 heterocycles. The summed E-state index contributed by atoms with van der Waals surface area (Å²) in [5.74, 6) is 3.23. The van der Waals surface area contributed by atoms with E-state index in [1.54, 1.807) is 42.9 Å². The Morgan fingerprint density at radius 1 is 0.750 bits per heavy atom. The zero-order valence-electron chi connectivity index (χ0n) is 19.2. The monoisotopic (exact) mass is 632 g/mol. The Hall–Kier alpha value is -3.21. The molecule has 5 rings (SSSR count). The van der Waals surface area contributed by atoms with Gasteiger partial charge in [0.15, 0.2) is 17.3 Å². The number of rotatable bonds is 5. The Morgan fingerprint density at radius 2 is 1.33 bits per heavy atom. The molecular weight excluding hydrogens is 614 g/mol. The largest absolute Gasteiger partial charge is 0.463 e.